The number of benzene rings is 1. The summed E-state index contributed by atoms with van der Waals surface area (Å²) in [5.41, 5.74) is -0.0591. The molecule has 0 aromatic heterocycles. The summed E-state index contributed by atoms with van der Waals surface area (Å²) in [7, 11) is 1.65. The van der Waals surface area contributed by atoms with E-state index in [4.69, 9.17) is 9.47 Å². The molecule has 0 spiro atoms. The zero-order valence-electron chi connectivity index (χ0n) is 12.7. The summed E-state index contributed by atoms with van der Waals surface area (Å²) >= 11 is 0. The minimum Gasteiger partial charge on any atom is -0.484 e. The van der Waals surface area contributed by atoms with E-state index >= 15 is 0 Å². The number of ether oxygens (including phenoxy) is 2. The molecule has 7 nitrogen and oxygen atoms in total. The van der Waals surface area contributed by atoms with Crippen molar-refractivity contribution in [3.8, 4) is 5.75 Å². The quantitative estimate of drug-likeness (QED) is 0.612. The van der Waals surface area contributed by atoms with E-state index in [1.807, 2.05) is 0 Å². The van der Waals surface area contributed by atoms with E-state index in [1.165, 1.54) is 18.2 Å². The number of non-ortho nitro benzene ring substituents is 1. The number of hydrogen-bond donors (Lipinski definition) is 0. The Kier molecular flexibility index (Phi) is 5.32. The molecule has 1 aromatic rings. The second-order valence-corrected chi connectivity index (χ2v) is 5.42. The van der Waals surface area contributed by atoms with Gasteiger partial charge in [0.05, 0.1) is 17.1 Å². The average Bonchev–Trinajstić information content (AvgIpc) is 2.53. The van der Waals surface area contributed by atoms with E-state index in [1.54, 1.807) is 18.1 Å². The van der Waals surface area contributed by atoms with Gasteiger partial charge in [0, 0.05) is 26.3 Å². The average molecular weight is 308 g/mol. The van der Waals surface area contributed by atoms with Crippen LogP contribution in [0.25, 0.3) is 0 Å². The highest BCUT2D eigenvalue weighted by molar-refractivity contribution is 5.78. The standard InChI is InChI=1S/C15H20N2O5/c1-11-6-7-16(9-14(11)21-2)15(18)10-22-13-5-3-4-12(8-13)17(19)20/h3-5,8,11,14H,6-7,9-10H2,1-2H3/t11-,14-/m0/s1. The van der Waals surface area contributed by atoms with Gasteiger partial charge in [0.1, 0.15) is 5.75 Å². The van der Waals surface area contributed by atoms with Gasteiger partial charge < -0.3 is 14.4 Å². The third-order valence-corrected chi connectivity index (χ3v) is 3.94. The Morgan fingerprint density at radius 2 is 2.27 bits per heavy atom. The summed E-state index contributed by atoms with van der Waals surface area (Å²) in [6.45, 7) is 3.20. The molecule has 0 N–H and O–H groups in total. The van der Waals surface area contributed by atoms with Crippen molar-refractivity contribution < 1.29 is 19.2 Å². The Labute approximate surface area is 129 Å². The van der Waals surface area contributed by atoms with Gasteiger partial charge in [-0.25, -0.2) is 0 Å². The van der Waals surface area contributed by atoms with Gasteiger partial charge >= 0.3 is 0 Å². The van der Waals surface area contributed by atoms with Crippen LogP contribution in [-0.4, -0.2) is 48.6 Å². The van der Waals surface area contributed by atoms with Gasteiger partial charge in [-0.05, 0) is 18.4 Å². The zero-order chi connectivity index (χ0) is 16.1. The van der Waals surface area contributed by atoms with E-state index in [2.05, 4.69) is 6.92 Å². The second-order valence-electron chi connectivity index (χ2n) is 5.42. The molecular weight excluding hydrogens is 288 g/mol. The summed E-state index contributed by atoms with van der Waals surface area (Å²) in [6.07, 6.45) is 0.927. The molecule has 22 heavy (non-hydrogen) atoms. The van der Waals surface area contributed by atoms with E-state index in [9.17, 15) is 14.9 Å². The van der Waals surface area contributed by atoms with Crippen molar-refractivity contribution in [2.45, 2.75) is 19.4 Å². The molecule has 1 heterocycles. The van der Waals surface area contributed by atoms with Crippen molar-refractivity contribution in [3.05, 3.63) is 34.4 Å². The topological polar surface area (TPSA) is 81.9 Å². The predicted octanol–water partition coefficient (Wildman–Crippen LogP) is 1.86. The van der Waals surface area contributed by atoms with Gasteiger partial charge in [0.15, 0.2) is 6.61 Å². The Hall–Kier alpha value is -2.15. The lowest BCUT2D eigenvalue weighted by atomic mass is 9.96. The van der Waals surface area contributed by atoms with Crippen LogP contribution in [0.15, 0.2) is 24.3 Å². The van der Waals surface area contributed by atoms with E-state index in [-0.39, 0.29) is 24.3 Å². The molecule has 1 amide bonds. The first-order chi connectivity index (χ1) is 10.5. The smallest absolute Gasteiger partial charge is 0.273 e. The molecule has 7 heteroatoms. The van der Waals surface area contributed by atoms with Gasteiger partial charge in [0.25, 0.3) is 11.6 Å². The van der Waals surface area contributed by atoms with Gasteiger partial charge in [-0.15, -0.1) is 0 Å². The maximum absolute atomic E-state index is 12.2. The van der Waals surface area contributed by atoms with Crippen LogP contribution >= 0.6 is 0 Å². The lowest BCUT2D eigenvalue weighted by Gasteiger charge is -2.36. The van der Waals surface area contributed by atoms with Crippen molar-refractivity contribution in [1.29, 1.82) is 0 Å². The molecule has 0 bridgehead atoms. The maximum Gasteiger partial charge on any atom is 0.273 e. The highest BCUT2D eigenvalue weighted by atomic mass is 16.6. The van der Waals surface area contributed by atoms with Gasteiger partial charge in [-0.2, -0.15) is 0 Å². The molecule has 1 fully saturated rings. The first-order valence-electron chi connectivity index (χ1n) is 7.19. The summed E-state index contributed by atoms with van der Waals surface area (Å²) in [5.74, 6) is 0.600. The number of methoxy groups -OCH3 is 1. The van der Waals surface area contributed by atoms with Crippen LogP contribution in [0.3, 0.4) is 0 Å². The number of rotatable bonds is 5. The van der Waals surface area contributed by atoms with E-state index in [0.717, 1.165) is 6.42 Å². The lowest BCUT2D eigenvalue weighted by Crippen LogP contribution is -2.48. The van der Waals surface area contributed by atoms with Crippen molar-refractivity contribution in [3.63, 3.8) is 0 Å². The second kappa shape index (κ2) is 7.22. The first kappa shape index (κ1) is 16.2. The highest BCUT2D eigenvalue weighted by Crippen LogP contribution is 2.21. The molecule has 1 saturated heterocycles. The number of amides is 1. The van der Waals surface area contributed by atoms with Crippen molar-refractivity contribution in [1.82, 2.24) is 4.90 Å². The summed E-state index contributed by atoms with van der Waals surface area (Å²) in [6, 6.07) is 5.81. The first-order valence-corrected chi connectivity index (χ1v) is 7.19. The Morgan fingerprint density at radius 3 is 2.95 bits per heavy atom. The lowest BCUT2D eigenvalue weighted by molar-refractivity contribution is -0.384. The molecule has 1 aliphatic rings. The zero-order valence-corrected chi connectivity index (χ0v) is 12.7. The molecule has 0 aliphatic carbocycles. The molecule has 1 aliphatic heterocycles. The van der Waals surface area contributed by atoms with Crippen LogP contribution in [0.5, 0.6) is 5.75 Å². The SMILES string of the molecule is CO[C@H]1CN(C(=O)COc2cccc([N+](=O)[O-])c2)CC[C@@H]1C. The largest absolute Gasteiger partial charge is 0.484 e. The Morgan fingerprint density at radius 1 is 1.50 bits per heavy atom. The van der Waals surface area contributed by atoms with Crippen LogP contribution < -0.4 is 4.74 Å². The highest BCUT2D eigenvalue weighted by Gasteiger charge is 2.28. The summed E-state index contributed by atoms with van der Waals surface area (Å²) in [5, 5.41) is 10.7. The number of nitrogens with zero attached hydrogens (tertiary/aromatic N) is 2. The number of carbonyl (C=O) groups excluding carboxylic acids is 1. The molecule has 0 unspecified atom stereocenters. The molecule has 2 rings (SSSR count). The molecular formula is C15H20N2O5. The number of nitro benzene ring substituents is 1. The maximum atomic E-state index is 12.2. The van der Waals surface area contributed by atoms with Crippen LogP contribution in [0.4, 0.5) is 5.69 Å². The van der Waals surface area contributed by atoms with Gasteiger partial charge in [0.2, 0.25) is 0 Å². The van der Waals surface area contributed by atoms with Crippen molar-refractivity contribution in [2.75, 3.05) is 26.8 Å². The van der Waals surface area contributed by atoms with Crippen LogP contribution in [0.2, 0.25) is 0 Å². The minimum atomic E-state index is -0.496. The molecule has 120 valence electrons. The predicted molar refractivity (Wildman–Crippen MR) is 79.7 cm³/mol. The van der Waals surface area contributed by atoms with Gasteiger partial charge in [-0.3, -0.25) is 14.9 Å². The monoisotopic (exact) mass is 308 g/mol. The molecule has 2 atom stereocenters. The third-order valence-electron chi connectivity index (χ3n) is 3.94. The Bertz CT molecular complexity index is 548. The summed E-state index contributed by atoms with van der Waals surface area (Å²) in [4.78, 5) is 24.1. The number of carbonyl (C=O) groups is 1. The van der Waals surface area contributed by atoms with Crippen molar-refractivity contribution >= 4 is 11.6 Å². The normalized spacial score (nSPS) is 21.5. The van der Waals surface area contributed by atoms with Crippen LogP contribution in [-0.2, 0) is 9.53 Å². The fraction of sp³-hybridized carbons (Fsp3) is 0.533. The summed E-state index contributed by atoms with van der Waals surface area (Å²) < 4.78 is 10.8. The number of piperidine rings is 1. The fourth-order valence-electron chi connectivity index (χ4n) is 2.49. The molecule has 0 radical (unpaired) electrons. The van der Waals surface area contributed by atoms with E-state index in [0.29, 0.717) is 24.8 Å². The fourth-order valence-corrected chi connectivity index (χ4v) is 2.49. The van der Waals surface area contributed by atoms with Crippen LogP contribution in [0, 0.1) is 16.0 Å². The van der Waals surface area contributed by atoms with Crippen molar-refractivity contribution in [2.24, 2.45) is 5.92 Å². The van der Waals surface area contributed by atoms with Gasteiger partial charge in [-0.1, -0.05) is 13.0 Å². The Balaban J connectivity index is 1.90. The number of hydrogen-bond acceptors (Lipinski definition) is 5. The molecule has 0 saturated carbocycles. The third kappa shape index (κ3) is 3.94. The van der Waals surface area contributed by atoms with Crippen LogP contribution in [0.1, 0.15) is 13.3 Å². The molecule has 1 aromatic carbocycles. The number of nitro groups is 1. The minimum absolute atomic E-state index is 0.0375. The van der Waals surface area contributed by atoms with E-state index < -0.39 is 4.92 Å². The number of likely N-dealkylation sites (tertiary alicyclic amines) is 1.